The number of thiazole rings is 1. The molecule has 2 rings (SSSR count). The van der Waals surface area contributed by atoms with E-state index in [0.29, 0.717) is 11.3 Å². The van der Waals surface area contributed by atoms with Crippen molar-refractivity contribution in [1.29, 1.82) is 0 Å². The van der Waals surface area contributed by atoms with E-state index < -0.39 is 5.54 Å². The first-order valence-corrected chi connectivity index (χ1v) is 7.29. The predicted octanol–water partition coefficient (Wildman–Crippen LogP) is 3.01. The van der Waals surface area contributed by atoms with Crippen LogP contribution in [0.2, 0.25) is 0 Å². The highest BCUT2D eigenvalue weighted by Gasteiger charge is 2.27. The van der Waals surface area contributed by atoms with Crippen LogP contribution in [0, 0.1) is 13.8 Å². The van der Waals surface area contributed by atoms with Crippen LogP contribution in [0.1, 0.15) is 40.5 Å². The molecule has 0 atom stereocenters. The number of rotatable bonds is 3. The van der Waals surface area contributed by atoms with Crippen LogP contribution < -0.4 is 11.1 Å². The van der Waals surface area contributed by atoms with Gasteiger partial charge in [0.05, 0.1) is 5.54 Å². The summed E-state index contributed by atoms with van der Waals surface area (Å²) in [4.78, 5) is 16.9. The number of benzene rings is 1. The van der Waals surface area contributed by atoms with Gasteiger partial charge in [0.15, 0.2) is 0 Å². The van der Waals surface area contributed by atoms with Gasteiger partial charge in [-0.05, 0) is 45.4 Å². The Morgan fingerprint density at radius 2 is 2.05 bits per heavy atom. The van der Waals surface area contributed by atoms with Crippen LogP contribution in [0.15, 0.2) is 23.6 Å². The number of nitrogens with zero attached hydrogens (tertiary/aromatic N) is 1. The number of carbonyl (C=O) groups excluding carboxylic acids is 1. The predicted molar refractivity (Wildman–Crippen MR) is 82.9 cm³/mol. The normalized spacial score (nSPS) is 11.4. The summed E-state index contributed by atoms with van der Waals surface area (Å²) in [7, 11) is 0. The second-order valence-corrected chi connectivity index (χ2v) is 6.31. The molecule has 3 N–H and O–H groups in total. The van der Waals surface area contributed by atoms with E-state index in [1.54, 1.807) is 23.5 Å². The van der Waals surface area contributed by atoms with Crippen molar-refractivity contribution in [2.45, 2.75) is 33.2 Å². The third-order valence-corrected chi connectivity index (χ3v) is 4.37. The number of nitrogens with two attached hydrogens (primary N) is 1. The molecule has 1 amide bonds. The number of hydrogen-bond donors (Lipinski definition) is 2. The number of aromatic nitrogens is 1. The Bertz CT molecular complexity index is 646. The van der Waals surface area contributed by atoms with E-state index in [1.165, 1.54) is 0 Å². The van der Waals surface area contributed by atoms with Crippen LogP contribution in [0.25, 0.3) is 0 Å². The molecule has 0 fully saturated rings. The molecule has 4 nitrogen and oxygen atoms in total. The number of hydrogen-bond acceptors (Lipinski definition) is 4. The minimum atomic E-state index is -0.507. The summed E-state index contributed by atoms with van der Waals surface area (Å²) in [5.41, 5.74) is 8.31. The zero-order chi connectivity index (χ0) is 14.9. The SMILES string of the molecule is Cc1csc(C(C)(C)NC(=O)c2cc(N)ccc2C)n1. The molecular formula is C15H19N3OS. The summed E-state index contributed by atoms with van der Waals surface area (Å²) in [6, 6.07) is 5.35. The van der Waals surface area contributed by atoms with Gasteiger partial charge in [-0.3, -0.25) is 4.79 Å². The van der Waals surface area contributed by atoms with E-state index in [0.717, 1.165) is 16.3 Å². The number of anilines is 1. The largest absolute Gasteiger partial charge is 0.399 e. The minimum Gasteiger partial charge on any atom is -0.399 e. The molecule has 0 aliphatic carbocycles. The van der Waals surface area contributed by atoms with Crippen molar-refractivity contribution in [3.8, 4) is 0 Å². The highest BCUT2D eigenvalue weighted by molar-refractivity contribution is 7.09. The molecule has 0 radical (unpaired) electrons. The number of carbonyl (C=O) groups is 1. The average molecular weight is 289 g/mol. The number of aryl methyl sites for hydroxylation is 2. The molecule has 0 saturated heterocycles. The van der Waals surface area contributed by atoms with Crippen molar-refractivity contribution in [1.82, 2.24) is 10.3 Å². The lowest BCUT2D eigenvalue weighted by Crippen LogP contribution is -2.41. The Labute approximate surface area is 123 Å². The molecule has 1 heterocycles. The number of nitrogens with one attached hydrogen (secondary N) is 1. The smallest absolute Gasteiger partial charge is 0.252 e. The first kappa shape index (κ1) is 14.5. The van der Waals surface area contributed by atoms with E-state index in [-0.39, 0.29) is 5.91 Å². The highest BCUT2D eigenvalue weighted by atomic mass is 32.1. The highest BCUT2D eigenvalue weighted by Crippen LogP contribution is 2.24. The topological polar surface area (TPSA) is 68.0 Å². The number of amides is 1. The van der Waals surface area contributed by atoms with E-state index >= 15 is 0 Å². The molecular weight excluding hydrogens is 270 g/mol. The Hall–Kier alpha value is -1.88. The van der Waals surface area contributed by atoms with Gasteiger partial charge in [-0.1, -0.05) is 6.07 Å². The third-order valence-electron chi connectivity index (χ3n) is 3.09. The third kappa shape index (κ3) is 2.99. The standard InChI is InChI=1S/C15H19N3OS/c1-9-5-6-11(16)7-12(9)13(19)18-15(3,4)14-17-10(2)8-20-14/h5-8H,16H2,1-4H3,(H,18,19). The zero-order valence-electron chi connectivity index (χ0n) is 12.2. The summed E-state index contributed by atoms with van der Waals surface area (Å²) in [5, 5.41) is 5.90. The molecule has 0 aliphatic heterocycles. The molecule has 0 bridgehead atoms. The van der Waals surface area contributed by atoms with Crippen molar-refractivity contribution in [3.05, 3.63) is 45.4 Å². The fourth-order valence-electron chi connectivity index (χ4n) is 1.93. The molecule has 106 valence electrons. The lowest BCUT2D eigenvalue weighted by Gasteiger charge is -2.24. The van der Waals surface area contributed by atoms with Crippen molar-refractivity contribution < 1.29 is 4.79 Å². The van der Waals surface area contributed by atoms with E-state index in [1.807, 2.05) is 39.1 Å². The second-order valence-electron chi connectivity index (χ2n) is 5.45. The van der Waals surface area contributed by atoms with Crippen molar-refractivity contribution in [2.24, 2.45) is 0 Å². The van der Waals surface area contributed by atoms with Crippen molar-refractivity contribution in [2.75, 3.05) is 5.73 Å². The van der Waals surface area contributed by atoms with Crippen molar-refractivity contribution >= 4 is 22.9 Å². The van der Waals surface area contributed by atoms with Crippen LogP contribution in [-0.4, -0.2) is 10.9 Å². The molecule has 20 heavy (non-hydrogen) atoms. The first-order chi connectivity index (χ1) is 9.29. The summed E-state index contributed by atoms with van der Waals surface area (Å²) in [5.74, 6) is -0.132. The first-order valence-electron chi connectivity index (χ1n) is 6.41. The monoisotopic (exact) mass is 289 g/mol. The Morgan fingerprint density at radius 1 is 1.35 bits per heavy atom. The molecule has 1 aromatic carbocycles. The van der Waals surface area contributed by atoms with E-state index in [4.69, 9.17) is 5.73 Å². The molecule has 0 aliphatic rings. The summed E-state index contributed by atoms with van der Waals surface area (Å²) < 4.78 is 0. The van der Waals surface area contributed by atoms with Crippen LogP contribution in [0.3, 0.4) is 0 Å². The van der Waals surface area contributed by atoms with Gasteiger partial charge in [-0.2, -0.15) is 0 Å². The van der Waals surface area contributed by atoms with Crippen LogP contribution >= 0.6 is 11.3 Å². The van der Waals surface area contributed by atoms with Gasteiger partial charge >= 0.3 is 0 Å². The molecule has 5 heteroatoms. The van der Waals surface area contributed by atoms with Gasteiger partial charge in [0, 0.05) is 22.3 Å². The van der Waals surface area contributed by atoms with Crippen LogP contribution in [0.5, 0.6) is 0 Å². The lowest BCUT2D eigenvalue weighted by atomic mass is 10.0. The maximum atomic E-state index is 12.4. The lowest BCUT2D eigenvalue weighted by molar-refractivity contribution is 0.0911. The van der Waals surface area contributed by atoms with Crippen LogP contribution in [0.4, 0.5) is 5.69 Å². The minimum absolute atomic E-state index is 0.132. The second kappa shape index (κ2) is 5.25. The van der Waals surface area contributed by atoms with E-state index in [2.05, 4.69) is 10.3 Å². The molecule has 2 aromatic rings. The summed E-state index contributed by atoms with van der Waals surface area (Å²) >= 11 is 1.55. The number of nitrogen functional groups attached to an aromatic ring is 1. The fraction of sp³-hybridized carbons (Fsp3) is 0.333. The van der Waals surface area contributed by atoms with Gasteiger partial charge in [0.1, 0.15) is 5.01 Å². The fourth-order valence-corrected chi connectivity index (χ4v) is 2.81. The van der Waals surface area contributed by atoms with E-state index in [9.17, 15) is 4.79 Å². The van der Waals surface area contributed by atoms with Gasteiger partial charge < -0.3 is 11.1 Å². The molecule has 1 aromatic heterocycles. The molecule has 0 spiro atoms. The average Bonchev–Trinajstić information content (AvgIpc) is 2.79. The van der Waals surface area contributed by atoms with Gasteiger partial charge in [0.2, 0.25) is 0 Å². The molecule has 0 unspecified atom stereocenters. The van der Waals surface area contributed by atoms with Crippen LogP contribution in [-0.2, 0) is 5.54 Å². The molecule has 0 saturated carbocycles. The summed E-state index contributed by atoms with van der Waals surface area (Å²) in [6.45, 7) is 7.74. The van der Waals surface area contributed by atoms with Crippen molar-refractivity contribution in [3.63, 3.8) is 0 Å². The maximum Gasteiger partial charge on any atom is 0.252 e. The van der Waals surface area contributed by atoms with Gasteiger partial charge in [-0.25, -0.2) is 4.98 Å². The maximum absolute atomic E-state index is 12.4. The Balaban J connectivity index is 2.24. The zero-order valence-corrected chi connectivity index (χ0v) is 13.0. The quantitative estimate of drug-likeness (QED) is 0.853. The Morgan fingerprint density at radius 3 is 2.65 bits per heavy atom. The Kier molecular flexibility index (Phi) is 3.81. The summed E-state index contributed by atoms with van der Waals surface area (Å²) in [6.07, 6.45) is 0. The van der Waals surface area contributed by atoms with Gasteiger partial charge in [-0.15, -0.1) is 11.3 Å². The van der Waals surface area contributed by atoms with Gasteiger partial charge in [0.25, 0.3) is 5.91 Å².